The fourth-order valence-corrected chi connectivity index (χ4v) is 2.73. The second kappa shape index (κ2) is 3.83. The van der Waals surface area contributed by atoms with Crippen LogP contribution in [-0.4, -0.2) is 33.5 Å². The number of hydrogen-bond donors (Lipinski definition) is 1. The third-order valence-corrected chi connectivity index (χ3v) is 3.09. The lowest BCUT2D eigenvalue weighted by Gasteiger charge is -2.51. The monoisotopic (exact) mass is 213 g/mol. The SMILES string of the molecule is CC(=O)N(C(C)C)C1(C(=O)O)CC(C)C1. The normalized spacial score (nSPS) is 29.8. The van der Waals surface area contributed by atoms with E-state index in [2.05, 4.69) is 0 Å². The van der Waals surface area contributed by atoms with Crippen molar-refractivity contribution in [3.05, 3.63) is 0 Å². The zero-order chi connectivity index (χ0) is 11.8. The Morgan fingerprint density at radius 3 is 2.07 bits per heavy atom. The second-order valence-electron chi connectivity index (χ2n) is 4.83. The van der Waals surface area contributed by atoms with Crippen LogP contribution in [0.1, 0.15) is 40.5 Å². The van der Waals surface area contributed by atoms with Crippen LogP contribution >= 0.6 is 0 Å². The molecule has 0 aromatic rings. The molecule has 0 heterocycles. The Labute approximate surface area is 90.3 Å². The van der Waals surface area contributed by atoms with Crippen molar-refractivity contribution in [1.29, 1.82) is 0 Å². The maximum Gasteiger partial charge on any atom is 0.329 e. The van der Waals surface area contributed by atoms with E-state index in [0.717, 1.165) is 0 Å². The van der Waals surface area contributed by atoms with Crippen molar-refractivity contribution in [2.24, 2.45) is 5.92 Å². The standard InChI is InChI=1S/C11H19NO3/c1-7(2)12(9(4)13)11(10(14)15)5-8(3)6-11/h7-8H,5-6H2,1-4H3,(H,14,15). The minimum Gasteiger partial charge on any atom is -0.479 e. The second-order valence-corrected chi connectivity index (χ2v) is 4.83. The van der Waals surface area contributed by atoms with Crippen molar-refractivity contribution in [3.8, 4) is 0 Å². The van der Waals surface area contributed by atoms with Crippen LogP contribution in [0.4, 0.5) is 0 Å². The van der Waals surface area contributed by atoms with Crippen LogP contribution in [0.2, 0.25) is 0 Å². The number of rotatable bonds is 3. The fourth-order valence-electron chi connectivity index (χ4n) is 2.73. The van der Waals surface area contributed by atoms with Crippen molar-refractivity contribution in [3.63, 3.8) is 0 Å². The minimum absolute atomic E-state index is 0.0638. The molecule has 1 fully saturated rings. The molecule has 4 heteroatoms. The lowest BCUT2D eigenvalue weighted by molar-refractivity contribution is -0.172. The molecule has 4 nitrogen and oxygen atoms in total. The fraction of sp³-hybridized carbons (Fsp3) is 0.818. The number of amides is 1. The van der Waals surface area contributed by atoms with E-state index in [1.807, 2.05) is 20.8 Å². The van der Waals surface area contributed by atoms with Gasteiger partial charge in [0.2, 0.25) is 5.91 Å². The summed E-state index contributed by atoms with van der Waals surface area (Å²) in [5.41, 5.74) is -0.945. The highest BCUT2D eigenvalue weighted by Crippen LogP contribution is 2.43. The third-order valence-electron chi connectivity index (χ3n) is 3.09. The molecule has 1 aliphatic rings. The number of carbonyl (C=O) groups excluding carboxylic acids is 1. The van der Waals surface area contributed by atoms with Gasteiger partial charge in [-0.05, 0) is 32.6 Å². The van der Waals surface area contributed by atoms with E-state index in [4.69, 9.17) is 0 Å². The van der Waals surface area contributed by atoms with Gasteiger partial charge in [-0.2, -0.15) is 0 Å². The van der Waals surface area contributed by atoms with E-state index < -0.39 is 11.5 Å². The number of nitrogens with zero attached hydrogens (tertiary/aromatic N) is 1. The minimum atomic E-state index is -0.945. The number of carboxylic acid groups (broad SMARTS) is 1. The van der Waals surface area contributed by atoms with Crippen LogP contribution in [0.5, 0.6) is 0 Å². The van der Waals surface area contributed by atoms with Crippen LogP contribution in [-0.2, 0) is 9.59 Å². The molecular formula is C11H19NO3. The highest BCUT2D eigenvalue weighted by atomic mass is 16.4. The molecule has 0 bridgehead atoms. The first-order valence-corrected chi connectivity index (χ1v) is 5.34. The highest BCUT2D eigenvalue weighted by molar-refractivity contribution is 5.87. The zero-order valence-electron chi connectivity index (χ0n) is 9.78. The van der Waals surface area contributed by atoms with Crippen molar-refractivity contribution >= 4 is 11.9 Å². The molecule has 86 valence electrons. The number of hydrogen-bond acceptors (Lipinski definition) is 2. The summed E-state index contributed by atoms with van der Waals surface area (Å²) in [5, 5.41) is 9.28. The first kappa shape index (κ1) is 12.0. The molecule has 0 unspecified atom stereocenters. The van der Waals surface area contributed by atoms with Crippen LogP contribution in [0.3, 0.4) is 0 Å². The largest absolute Gasteiger partial charge is 0.479 e. The van der Waals surface area contributed by atoms with Gasteiger partial charge in [-0.3, -0.25) is 4.79 Å². The van der Waals surface area contributed by atoms with Crippen molar-refractivity contribution in [1.82, 2.24) is 4.90 Å². The van der Waals surface area contributed by atoms with Gasteiger partial charge in [-0.1, -0.05) is 6.92 Å². The molecule has 0 aromatic carbocycles. The van der Waals surface area contributed by atoms with Gasteiger partial charge in [0.25, 0.3) is 0 Å². The average Bonchev–Trinajstić information content (AvgIpc) is 1.98. The van der Waals surface area contributed by atoms with E-state index in [1.165, 1.54) is 11.8 Å². The van der Waals surface area contributed by atoms with Gasteiger partial charge in [0.1, 0.15) is 5.54 Å². The summed E-state index contributed by atoms with van der Waals surface area (Å²) in [5.74, 6) is -0.634. The van der Waals surface area contributed by atoms with E-state index in [9.17, 15) is 14.7 Å². The van der Waals surface area contributed by atoms with E-state index in [1.54, 1.807) is 0 Å². The van der Waals surface area contributed by atoms with E-state index in [-0.39, 0.29) is 11.9 Å². The summed E-state index contributed by atoms with van der Waals surface area (Å²) in [6, 6.07) is -0.0638. The van der Waals surface area contributed by atoms with Crippen molar-refractivity contribution in [2.45, 2.75) is 52.1 Å². The Morgan fingerprint density at radius 1 is 1.40 bits per heavy atom. The molecule has 0 radical (unpaired) electrons. The molecule has 1 aliphatic carbocycles. The van der Waals surface area contributed by atoms with Crippen LogP contribution < -0.4 is 0 Å². The maximum atomic E-state index is 11.5. The third kappa shape index (κ3) is 1.85. The summed E-state index contributed by atoms with van der Waals surface area (Å²) in [7, 11) is 0. The van der Waals surface area contributed by atoms with Gasteiger partial charge < -0.3 is 10.0 Å². The Hall–Kier alpha value is -1.06. The molecule has 1 saturated carbocycles. The van der Waals surface area contributed by atoms with Gasteiger partial charge in [-0.25, -0.2) is 4.79 Å². The lowest BCUT2D eigenvalue weighted by atomic mass is 9.67. The molecule has 0 atom stereocenters. The predicted octanol–water partition coefficient (Wildman–Crippen LogP) is 1.50. The molecule has 0 aromatic heterocycles. The van der Waals surface area contributed by atoms with Gasteiger partial charge in [-0.15, -0.1) is 0 Å². The van der Waals surface area contributed by atoms with Crippen LogP contribution in [0.15, 0.2) is 0 Å². The molecule has 15 heavy (non-hydrogen) atoms. The van der Waals surface area contributed by atoms with Crippen molar-refractivity contribution in [2.75, 3.05) is 0 Å². The topological polar surface area (TPSA) is 57.6 Å². The number of carbonyl (C=O) groups is 2. The molecule has 1 amide bonds. The maximum absolute atomic E-state index is 11.5. The molecular weight excluding hydrogens is 194 g/mol. The van der Waals surface area contributed by atoms with Gasteiger partial charge in [0, 0.05) is 13.0 Å². The van der Waals surface area contributed by atoms with Gasteiger partial charge in [0.15, 0.2) is 0 Å². The first-order chi connectivity index (χ1) is 6.81. The first-order valence-electron chi connectivity index (χ1n) is 5.34. The van der Waals surface area contributed by atoms with E-state index >= 15 is 0 Å². The summed E-state index contributed by atoms with van der Waals surface area (Å²) in [6.07, 6.45) is 1.14. The summed E-state index contributed by atoms with van der Waals surface area (Å²) >= 11 is 0. The highest BCUT2D eigenvalue weighted by Gasteiger charge is 2.54. The molecule has 1 rings (SSSR count). The average molecular weight is 213 g/mol. The Balaban J connectivity index is 2.98. The van der Waals surface area contributed by atoms with Crippen LogP contribution in [0.25, 0.3) is 0 Å². The quantitative estimate of drug-likeness (QED) is 0.772. The van der Waals surface area contributed by atoms with E-state index in [0.29, 0.717) is 18.8 Å². The molecule has 0 spiro atoms. The van der Waals surface area contributed by atoms with Gasteiger partial charge in [0.05, 0.1) is 0 Å². The number of carboxylic acids is 1. The smallest absolute Gasteiger partial charge is 0.329 e. The Bertz CT molecular complexity index is 280. The summed E-state index contributed by atoms with van der Waals surface area (Å²) < 4.78 is 0. The van der Waals surface area contributed by atoms with Crippen LogP contribution in [0, 0.1) is 5.92 Å². The van der Waals surface area contributed by atoms with Crippen molar-refractivity contribution < 1.29 is 14.7 Å². The lowest BCUT2D eigenvalue weighted by Crippen LogP contribution is -2.65. The Kier molecular flexibility index (Phi) is 3.07. The Morgan fingerprint density at radius 2 is 1.87 bits per heavy atom. The number of aliphatic carboxylic acids is 1. The van der Waals surface area contributed by atoms with Gasteiger partial charge >= 0.3 is 5.97 Å². The summed E-state index contributed by atoms with van der Waals surface area (Å²) in [4.78, 5) is 24.3. The molecule has 0 saturated heterocycles. The molecule has 1 N–H and O–H groups in total. The molecule has 0 aliphatic heterocycles. The summed E-state index contributed by atoms with van der Waals surface area (Å²) in [6.45, 7) is 7.16. The predicted molar refractivity (Wildman–Crippen MR) is 56.4 cm³/mol. The zero-order valence-corrected chi connectivity index (χ0v) is 9.78.